The predicted molar refractivity (Wildman–Crippen MR) is 47.0 cm³/mol. The van der Waals surface area contributed by atoms with Gasteiger partial charge in [-0.2, -0.15) is 0 Å². The Balaban J connectivity index is 3.67. The van der Waals surface area contributed by atoms with Gasteiger partial charge in [0, 0.05) is 12.8 Å². The minimum absolute atomic E-state index is 0.0218. The molecule has 0 saturated heterocycles. The van der Waals surface area contributed by atoms with Crippen LogP contribution in [0, 0.1) is 5.92 Å². The fourth-order valence-corrected chi connectivity index (χ4v) is 0.944. The summed E-state index contributed by atoms with van der Waals surface area (Å²) in [6.45, 7) is 3.94. The molecule has 0 aromatic heterocycles. The second-order valence-corrected chi connectivity index (χ2v) is 2.89. The Labute approximate surface area is 78.2 Å². The number of hydrogen-bond acceptors (Lipinski definition) is 4. The fraction of sp³-hybridized carbons (Fsp3) is 0.778. The molecule has 0 radical (unpaired) electrons. The van der Waals surface area contributed by atoms with Crippen molar-refractivity contribution in [1.29, 1.82) is 0 Å². The molecular formula is C9H16O4. The van der Waals surface area contributed by atoms with Crippen LogP contribution in [-0.4, -0.2) is 25.7 Å². The van der Waals surface area contributed by atoms with E-state index in [1.165, 1.54) is 7.11 Å². The van der Waals surface area contributed by atoms with Gasteiger partial charge in [-0.3, -0.25) is 9.59 Å². The third kappa shape index (κ3) is 6.13. The first-order chi connectivity index (χ1) is 6.10. The molecule has 0 bridgehead atoms. The smallest absolute Gasteiger partial charge is 0.306 e. The number of esters is 2. The van der Waals surface area contributed by atoms with Gasteiger partial charge in [-0.1, -0.05) is 6.92 Å². The third-order valence-corrected chi connectivity index (χ3v) is 1.56. The van der Waals surface area contributed by atoms with Crippen LogP contribution >= 0.6 is 0 Å². The monoisotopic (exact) mass is 188 g/mol. The van der Waals surface area contributed by atoms with E-state index in [0.29, 0.717) is 6.61 Å². The van der Waals surface area contributed by atoms with Crippen molar-refractivity contribution >= 4 is 11.9 Å². The summed E-state index contributed by atoms with van der Waals surface area (Å²) >= 11 is 0. The lowest BCUT2D eigenvalue weighted by Crippen LogP contribution is -2.13. The van der Waals surface area contributed by atoms with Gasteiger partial charge in [-0.05, 0) is 12.8 Å². The van der Waals surface area contributed by atoms with E-state index in [1.807, 2.05) is 6.92 Å². The Bertz CT molecular complexity index is 176. The molecule has 0 aliphatic heterocycles. The van der Waals surface area contributed by atoms with Crippen molar-refractivity contribution in [3.8, 4) is 0 Å². The second-order valence-electron chi connectivity index (χ2n) is 2.89. The van der Waals surface area contributed by atoms with Crippen LogP contribution in [0.5, 0.6) is 0 Å². The van der Waals surface area contributed by atoms with Gasteiger partial charge in [0.05, 0.1) is 13.7 Å². The van der Waals surface area contributed by atoms with E-state index in [0.717, 1.165) is 0 Å². The molecule has 4 heteroatoms. The second kappa shape index (κ2) is 6.46. The lowest BCUT2D eigenvalue weighted by Gasteiger charge is -2.08. The number of hydrogen-bond donors (Lipinski definition) is 0. The first-order valence-electron chi connectivity index (χ1n) is 4.32. The zero-order valence-electron chi connectivity index (χ0n) is 8.33. The average Bonchev–Trinajstić information content (AvgIpc) is 2.04. The molecule has 0 fully saturated rings. The van der Waals surface area contributed by atoms with Gasteiger partial charge in [0.1, 0.15) is 0 Å². The zero-order valence-corrected chi connectivity index (χ0v) is 8.33. The van der Waals surface area contributed by atoms with Crippen LogP contribution in [0.1, 0.15) is 26.7 Å². The summed E-state index contributed by atoms with van der Waals surface area (Å²) in [4.78, 5) is 21.7. The highest BCUT2D eigenvalue weighted by atomic mass is 16.5. The van der Waals surface area contributed by atoms with Crippen LogP contribution in [0.4, 0.5) is 0 Å². The maximum Gasteiger partial charge on any atom is 0.306 e. The van der Waals surface area contributed by atoms with E-state index >= 15 is 0 Å². The minimum atomic E-state index is -0.295. The van der Waals surface area contributed by atoms with E-state index in [1.54, 1.807) is 6.92 Å². The lowest BCUT2D eigenvalue weighted by molar-refractivity contribution is -0.145. The summed E-state index contributed by atoms with van der Waals surface area (Å²) in [7, 11) is 1.33. The molecule has 0 aromatic rings. The first kappa shape index (κ1) is 11.9. The summed E-state index contributed by atoms with van der Waals surface area (Å²) in [5.41, 5.74) is 0. The molecule has 0 amide bonds. The molecule has 0 aliphatic carbocycles. The topological polar surface area (TPSA) is 52.6 Å². The number of methoxy groups -OCH3 is 1. The quantitative estimate of drug-likeness (QED) is 0.607. The van der Waals surface area contributed by atoms with Crippen molar-refractivity contribution in [1.82, 2.24) is 0 Å². The van der Waals surface area contributed by atoms with E-state index < -0.39 is 0 Å². The molecule has 0 rings (SSSR count). The summed E-state index contributed by atoms with van der Waals surface area (Å²) in [6.07, 6.45) is 0.526. The van der Waals surface area contributed by atoms with Crippen LogP contribution in [0.25, 0.3) is 0 Å². The van der Waals surface area contributed by atoms with Crippen LogP contribution in [0.3, 0.4) is 0 Å². The Morgan fingerprint density at radius 2 is 1.77 bits per heavy atom. The van der Waals surface area contributed by atoms with Crippen molar-refractivity contribution in [2.45, 2.75) is 26.7 Å². The molecule has 1 atom stereocenters. The Kier molecular flexibility index (Phi) is 5.93. The van der Waals surface area contributed by atoms with Crippen molar-refractivity contribution in [3.63, 3.8) is 0 Å². The zero-order chi connectivity index (χ0) is 10.3. The Hall–Kier alpha value is -1.06. The molecule has 76 valence electrons. The van der Waals surface area contributed by atoms with Gasteiger partial charge in [-0.25, -0.2) is 0 Å². The van der Waals surface area contributed by atoms with Crippen LogP contribution < -0.4 is 0 Å². The molecular weight excluding hydrogens is 172 g/mol. The van der Waals surface area contributed by atoms with Crippen molar-refractivity contribution in [2.24, 2.45) is 5.92 Å². The number of carbonyl (C=O) groups excluding carboxylic acids is 2. The predicted octanol–water partition coefficient (Wildman–Crippen LogP) is 1.14. The first-order valence-corrected chi connectivity index (χ1v) is 4.32. The molecule has 0 heterocycles. The maximum absolute atomic E-state index is 10.9. The summed E-state index contributed by atoms with van der Waals surface area (Å²) in [5.74, 6) is -0.581. The molecule has 1 unspecified atom stereocenters. The SMILES string of the molecule is CCOC(=O)CC(C)CC(=O)OC. The minimum Gasteiger partial charge on any atom is -0.469 e. The average molecular weight is 188 g/mol. The van der Waals surface area contributed by atoms with Crippen molar-refractivity contribution in [3.05, 3.63) is 0 Å². The molecule has 0 saturated carbocycles. The molecule has 0 spiro atoms. The highest BCUT2D eigenvalue weighted by Crippen LogP contribution is 2.09. The summed E-state index contributed by atoms with van der Waals surface area (Å²) in [6, 6.07) is 0. The van der Waals surface area contributed by atoms with Crippen molar-refractivity contribution < 1.29 is 19.1 Å². The normalized spacial score (nSPS) is 11.9. The molecule has 0 aromatic carbocycles. The third-order valence-electron chi connectivity index (χ3n) is 1.56. The van der Waals surface area contributed by atoms with Gasteiger partial charge < -0.3 is 9.47 Å². The maximum atomic E-state index is 10.9. The Morgan fingerprint density at radius 3 is 2.23 bits per heavy atom. The molecule has 0 aliphatic rings. The number of ether oxygens (including phenoxy) is 2. The van der Waals surface area contributed by atoms with Crippen LogP contribution in [0.2, 0.25) is 0 Å². The number of rotatable bonds is 5. The van der Waals surface area contributed by atoms with Crippen LogP contribution in [-0.2, 0) is 19.1 Å². The lowest BCUT2D eigenvalue weighted by atomic mass is 10.0. The van der Waals surface area contributed by atoms with E-state index in [9.17, 15) is 9.59 Å². The van der Waals surface area contributed by atoms with E-state index in [-0.39, 0.29) is 30.7 Å². The fourth-order valence-electron chi connectivity index (χ4n) is 0.944. The van der Waals surface area contributed by atoms with Gasteiger partial charge in [0.2, 0.25) is 0 Å². The number of carbonyl (C=O) groups is 2. The summed E-state index contributed by atoms with van der Waals surface area (Å²) in [5, 5.41) is 0. The van der Waals surface area contributed by atoms with Gasteiger partial charge >= 0.3 is 11.9 Å². The van der Waals surface area contributed by atoms with E-state index in [4.69, 9.17) is 4.74 Å². The van der Waals surface area contributed by atoms with E-state index in [2.05, 4.69) is 4.74 Å². The standard InChI is InChI=1S/C9H16O4/c1-4-13-9(11)6-7(2)5-8(10)12-3/h7H,4-6H2,1-3H3. The van der Waals surface area contributed by atoms with Crippen LogP contribution in [0.15, 0.2) is 0 Å². The van der Waals surface area contributed by atoms with Gasteiger partial charge in [-0.15, -0.1) is 0 Å². The Morgan fingerprint density at radius 1 is 1.23 bits per heavy atom. The summed E-state index contributed by atoms with van der Waals surface area (Å²) < 4.78 is 9.21. The highest BCUT2D eigenvalue weighted by molar-refractivity contribution is 5.72. The highest BCUT2D eigenvalue weighted by Gasteiger charge is 2.13. The van der Waals surface area contributed by atoms with Crippen molar-refractivity contribution in [2.75, 3.05) is 13.7 Å². The molecule has 13 heavy (non-hydrogen) atoms. The molecule has 4 nitrogen and oxygen atoms in total. The molecule has 0 N–H and O–H groups in total. The van der Waals surface area contributed by atoms with Gasteiger partial charge in [0.25, 0.3) is 0 Å². The van der Waals surface area contributed by atoms with Gasteiger partial charge in [0.15, 0.2) is 0 Å². The largest absolute Gasteiger partial charge is 0.469 e.